The molecule has 18 heavy (non-hydrogen) atoms. The number of nitrogens with one attached hydrogen (secondary N) is 1. The number of thiazole rings is 1. The van der Waals surface area contributed by atoms with Crippen molar-refractivity contribution in [2.45, 2.75) is 12.7 Å². The lowest BCUT2D eigenvalue weighted by Crippen LogP contribution is -2.05. The summed E-state index contributed by atoms with van der Waals surface area (Å²) in [6.07, 6.45) is -4.32. The van der Waals surface area contributed by atoms with Crippen LogP contribution < -0.4 is 5.32 Å². The van der Waals surface area contributed by atoms with Gasteiger partial charge in [0.1, 0.15) is 5.01 Å². The molecule has 1 aromatic carbocycles. The summed E-state index contributed by atoms with van der Waals surface area (Å²) < 4.78 is 37.7. The van der Waals surface area contributed by atoms with Gasteiger partial charge in [0.05, 0.1) is 11.3 Å². The van der Waals surface area contributed by atoms with E-state index >= 15 is 0 Å². The van der Waals surface area contributed by atoms with Gasteiger partial charge in [-0.15, -0.1) is 11.3 Å². The molecule has 0 spiro atoms. The molecule has 0 atom stereocenters. The first-order valence-electron chi connectivity index (χ1n) is 5.27. The first kappa shape index (κ1) is 13.0. The number of hydrogen-bond acceptors (Lipinski definition) is 3. The minimum atomic E-state index is -4.32. The molecule has 0 fully saturated rings. The number of halogens is 3. The van der Waals surface area contributed by atoms with Crippen LogP contribution in [0.4, 0.5) is 13.2 Å². The highest BCUT2D eigenvalue weighted by Crippen LogP contribution is 2.32. The van der Waals surface area contributed by atoms with Crippen LogP contribution in [0.5, 0.6) is 0 Å². The maximum atomic E-state index is 12.6. The summed E-state index contributed by atoms with van der Waals surface area (Å²) in [4.78, 5) is 4.28. The van der Waals surface area contributed by atoms with E-state index < -0.39 is 11.7 Å². The molecule has 0 bridgehead atoms. The van der Waals surface area contributed by atoms with Crippen LogP contribution in [0.15, 0.2) is 29.6 Å². The van der Waals surface area contributed by atoms with Gasteiger partial charge in [-0.2, -0.15) is 13.2 Å². The van der Waals surface area contributed by atoms with Gasteiger partial charge in [0.25, 0.3) is 0 Å². The van der Waals surface area contributed by atoms with Gasteiger partial charge in [0.2, 0.25) is 0 Å². The number of benzene rings is 1. The summed E-state index contributed by atoms with van der Waals surface area (Å²) in [5.74, 6) is 0. The van der Waals surface area contributed by atoms with Crippen molar-refractivity contribution < 1.29 is 13.2 Å². The third kappa shape index (κ3) is 2.88. The van der Waals surface area contributed by atoms with Crippen LogP contribution in [-0.2, 0) is 12.7 Å². The fourth-order valence-electron chi connectivity index (χ4n) is 1.53. The lowest BCUT2D eigenvalue weighted by atomic mass is 10.1. The molecular weight excluding hydrogens is 261 g/mol. The van der Waals surface area contributed by atoms with E-state index in [0.29, 0.717) is 17.8 Å². The van der Waals surface area contributed by atoms with E-state index in [1.165, 1.54) is 17.4 Å². The third-order valence-corrected chi connectivity index (χ3v) is 3.21. The minimum absolute atomic E-state index is 0.489. The number of rotatable bonds is 3. The molecule has 1 aromatic heterocycles. The molecule has 0 unspecified atom stereocenters. The predicted molar refractivity (Wildman–Crippen MR) is 65.3 cm³/mol. The maximum absolute atomic E-state index is 12.6. The molecule has 0 aliphatic heterocycles. The van der Waals surface area contributed by atoms with Gasteiger partial charge in [0.15, 0.2) is 0 Å². The first-order chi connectivity index (χ1) is 8.50. The molecule has 6 heteroatoms. The first-order valence-corrected chi connectivity index (χ1v) is 6.15. The summed E-state index contributed by atoms with van der Waals surface area (Å²) in [6.45, 7) is 0.615. The Labute approximate surface area is 106 Å². The van der Waals surface area contributed by atoms with Crippen molar-refractivity contribution in [3.63, 3.8) is 0 Å². The Morgan fingerprint density at radius 3 is 2.78 bits per heavy atom. The molecule has 0 saturated carbocycles. The summed E-state index contributed by atoms with van der Waals surface area (Å²) in [7, 11) is 1.80. The van der Waals surface area contributed by atoms with Crippen molar-refractivity contribution in [3.8, 4) is 11.3 Å². The second-order valence-corrected chi connectivity index (χ2v) is 4.68. The Morgan fingerprint density at radius 1 is 1.33 bits per heavy atom. The third-order valence-electron chi connectivity index (χ3n) is 2.37. The molecule has 2 aromatic rings. The van der Waals surface area contributed by atoms with Gasteiger partial charge in [-0.3, -0.25) is 0 Å². The molecule has 96 valence electrons. The average Bonchev–Trinajstić information content (AvgIpc) is 2.77. The number of hydrogen-bond donors (Lipinski definition) is 1. The highest BCUT2D eigenvalue weighted by atomic mass is 32.1. The topological polar surface area (TPSA) is 24.9 Å². The molecule has 0 saturated heterocycles. The number of nitrogens with zero attached hydrogens (tertiary/aromatic N) is 1. The maximum Gasteiger partial charge on any atom is 0.416 e. The Hall–Kier alpha value is -1.40. The van der Waals surface area contributed by atoms with Crippen molar-refractivity contribution in [2.75, 3.05) is 7.05 Å². The fourth-order valence-corrected chi connectivity index (χ4v) is 2.35. The van der Waals surface area contributed by atoms with Crippen molar-refractivity contribution in [3.05, 3.63) is 40.2 Å². The van der Waals surface area contributed by atoms with E-state index in [0.717, 1.165) is 17.1 Å². The second-order valence-electron chi connectivity index (χ2n) is 3.74. The van der Waals surface area contributed by atoms with E-state index in [4.69, 9.17) is 0 Å². The van der Waals surface area contributed by atoms with E-state index in [1.54, 1.807) is 18.5 Å². The van der Waals surface area contributed by atoms with Gasteiger partial charge in [-0.1, -0.05) is 12.1 Å². The highest BCUT2D eigenvalue weighted by molar-refractivity contribution is 7.09. The zero-order valence-electron chi connectivity index (χ0n) is 9.58. The SMILES string of the molecule is CNCc1nc(-c2cccc(C(F)(F)F)c2)cs1. The Balaban J connectivity index is 2.32. The summed E-state index contributed by atoms with van der Waals surface area (Å²) in [5, 5.41) is 5.57. The van der Waals surface area contributed by atoms with Gasteiger partial charge in [-0.05, 0) is 19.2 Å². The standard InChI is InChI=1S/C12H11F3N2S/c1-16-6-11-17-10(7-18-11)8-3-2-4-9(5-8)12(13,14)15/h2-5,7,16H,6H2,1H3. The summed E-state index contributed by atoms with van der Waals surface area (Å²) in [5.41, 5.74) is 0.419. The molecule has 2 nitrogen and oxygen atoms in total. The van der Waals surface area contributed by atoms with Crippen molar-refractivity contribution in [1.29, 1.82) is 0 Å². The van der Waals surface area contributed by atoms with Crippen LogP contribution in [0.2, 0.25) is 0 Å². The fraction of sp³-hybridized carbons (Fsp3) is 0.250. The molecular formula is C12H11F3N2S. The highest BCUT2D eigenvalue weighted by Gasteiger charge is 2.30. The van der Waals surface area contributed by atoms with Gasteiger partial charge >= 0.3 is 6.18 Å². The normalized spacial score (nSPS) is 11.8. The smallest absolute Gasteiger partial charge is 0.314 e. The molecule has 0 amide bonds. The van der Waals surface area contributed by atoms with E-state index in [2.05, 4.69) is 10.3 Å². The molecule has 0 aliphatic carbocycles. The van der Waals surface area contributed by atoms with Crippen LogP contribution in [0, 0.1) is 0 Å². The van der Waals surface area contributed by atoms with Crippen molar-refractivity contribution in [2.24, 2.45) is 0 Å². The number of aromatic nitrogens is 1. The largest absolute Gasteiger partial charge is 0.416 e. The van der Waals surface area contributed by atoms with Crippen LogP contribution >= 0.6 is 11.3 Å². The quantitative estimate of drug-likeness (QED) is 0.924. The monoisotopic (exact) mass is 272 g/mol. The van der Waals surface area contributed by atoms with Crippen molar-refractivity contribution in [1.82, 2.24) is 10.3 Å². The zero-order valence-corrected chi connectivity index (χ0v) is 10.4. The zero-order chi connectivity index (χ0) is 13.2. The van der Waals surface area contributed by atoms with E-state index in [9.17, 15) is 13.2 Å². The lowest BCUT2D eigenvalue weighted by Gasteiger charge is -2.07. The van der Waals surface area contributed by atoms with Crippen LogP contribution in [-0.4, -0.2) is 12.0 Å². The van der Waals surface area contributed by atoms with Crippen LogP contribution in [0.1, 0.15) is 10.6 Å². The summed E-state index contributed by atoms with van der Waals surface area (Å²) in [6, 6.07) is 5.21. The Morgan fingerprint density at radius 2 is 2.11 bits per heavy atom. The molecule has 1 heterocycles. The summed E-state index contributed by atoms with van der Waals surface area (Å²) >= 11 is 1.43. The molecule has 2 rings (SSSR count). The van der Waals surface area contributed by atoms with Crippen molar-refractivity contribution >= 4 is 11.3 Å². The van der Waals surface area contributed by atoms with Crippen LogP contribution in [0.3, 0.4) is 0 Å². The van der Waals surface area contributed by atoms with Gasteiger partial charge in [0, 0.05) is 17.5 Å². The second kappa shape index (κ2) is 5.07. The molecule has 0 radical (unpaired) electrons. The van der Waals surface area contributed by atoms with E-state index in [-0.39, 0.29) is 0 Å². The van der Waals surface area contributed by atoms with Gasteiger partial charge < -0.3 is 5.32 Å². The minimum Gasteiger partial charge on any atom is -0.314 e. The number of alkyl halides is 3. The lowest BCUT2D eigenvalue weighted by molar-refractivity contribution is -0.137. The van der Waals surface area contributed by atoms with Crippen LogP contribution in [0.25, 0.3) is 11.3 Å². The molecule has 1 N–H and O–H groups in total. The predicted octanol–water partition coefficient (Wildman–Crippen LogP) is 3.55. The Kier molecular flexibility index (Phi) is 3.68. The molecule has 0 aliphatic rings. The van der Waals surface area contributed by atoms with E-state index in [1.807, 2.05) is 0 Å². The Bertz CT molecular complexity index is 534. The average molecular weight is 272 g/mol. The van der Waals surface area contributed by atoms with Gasteiger partial charge in [-0.25, -0.2) is 4.98 Å².